The van der Waals surface area contributed by atoms with Crippen molar-refractivity contribution in [1.82, 2.24) is 14.9 Å². The van der Waals surface area contributed by atoms with Gasteiger partial charge in [-0.25, -0.2) is 4.68 Å². The Morgan fingerprint density at radius 2 is 1.93 bits per heavy atom. The van der Waals surface area contributed by atoms with Gasteiger partial charge in [0.2, 0.25) is 11.1 Å². The third-order valence-electron chi connectivity index (χ3n) is 5.33. The van der Waals surface area contributed by atoms with Gasteiger partial charge in [0.05, 0.1) is 13.2 Å². The van der Waals surface area contributed by atoms with Gasteiger partial charge < -0.3 is 15.5 Å². The topological polar surface area (TPSA) is 81.1 Å². The van der Waals surface area contributed by atoms with Crippen molar-refractivity contribution in [1.29, 1.82) is 0 Å². The van der Waals surface area contributed by atoms with Gasteiger partial charge in [-0.2, -0.15) is 0 Å². The summed E-state index contributed by atoms with van der Waals surface area (Å²) in [6.07, 6.45) is 0.745. The van der Waals surface area contributed by atoms with Gasteiger partial charge in [-0.15, -0.1) is 10.2 Å². The number of amides is 1. The fourth-order valence-corrected chi connectivity index (χ4v) is 4.52. The summed E-state index contributed by atoms with van der Waals surface area (Å²) >= 11 is 1.42. The number of aryl methyl sites for hydroxylation is 3. The van der Waals surface area contributed by atoms with Crippen LogP contribution in [0.4, 0.5) is 5.69 Å². The summed E-state index contributed by atoms with van der Waals surface area (Å²) < 4.78 is 7.17. The minimum Gasteiger partial charge on any atom is -0.497 e. The molecule has 1 aliphatic heterocycles. The van der Waals surface area contributed by atoms with Crippen LogP contribution in [0.25, 0.3) is 0 Å². The first-order valence-electron chi connectivity index (χ1n) is 9.89. The average Bonchev–Trinajstić information content (AvgIpc) is 3.17. The molecule has 2 atom stereocenters. The molecule has 0 fully saturated rings. The van der Waals surface area contributed by atoms with E-state index in [1.165, 1.54) is 17.3 Å². The molecule has 8 heteroatoms. The number of carbonyl (C=O) groups excluding carboxylic acids is 1. The Kier molecular flexibility index (Phi) is 5.67. The lowest BCUT2D eigenvalue weighted by molar-refractivity contribution is -0.116. The number of thioether (sulfide) groups is 1. The van der Waals surface area contributed by atoms with Gasteiger partial charge in [0, 0.05) is 12.1 Å². The predicted octanol–water partition coefficient (Wildman–Crippen LogP) is 3.86. The molecule has 0 bridgehead atoms. The molecule has 7 nitrogen and oxygen atoms in total. The maximum atomic E-state index is 13.3. The molecule has 2 N–H and O–H groups in total. The number of nitrogens with one attached hydrogen (secondary N) is 2. The molecule has 0 radical (unpaired) electrons. The van der Waals surface area contributed by atoms with E-state index in [-0.39, 0.29) is 11.9 Å². The first-order valence-corrected chi connectivity index (χ1v) is 10.8. The highest BCUT2D eigenvalue weighted by atomic mass is 32.2. The van der Waals surface area contributed by atoms with Crippen molar-refractivity contribution in [3.63, 3.8) is 0 Å². The Morgan fingerprint density at radius 1 is 1.17 bits per heavy atom. The van der Waals surface area contributed by atoms with E-state index in [0.29, 0.717) is 5.16 Å². The summed E-state index contributed by atoms with van der Waals surface area (Å²) in [7, 11) is 1.64. The molecule has 0 spiro atoms. The molecule has 1 aromatic heterocycles. The van der Waals surface area contributed by atoms with E-state index in [4.69, 9.17) is 4.74 Å². The number of aromatic nitrogens is 3. The molecule has 0 saturated heterocycles. The molecule has 1 aliphatic rings. The fraction of sp³-hybridized carbons (Fsp3) is 0.318. The number of anilines is 1. The highest BCUT2D eigenvalue weighted by Gasteiger charge is 2.37. The molecule has 156 valence electrons. The Morgan fingerprint density at radius 3 is 2.60 bits per heavy atom. The van der Waals surface area contributed by atoms with Crippen LogP contribution >= 0.6 is 11.8 Å². The van der Waals surface area contributed by atoms with Gasteiger partial charge in [0.1, 0.15) is 11.0 Å². The standard InChI is InChI=1S/C22H25N5O2S/c1-5-18-24-25-22-27(18)26-19(15-7-10-17(29-4)11-8-15)20(30-22)21(28)23-16-9-6-13(2)14(3)12-16/h6-12,19-20,26H,5H2,1-4H3,(H,23,28). The second kappa shape index (κ2) is 8.39. The average molecular weight is 424 g/mol. The number of nitrogens with zero attached hydrogens (tertiary/aromatic N) is 3. The number of fused-ring (bicyclic) bond motifs is 1. The zero-order valence-electron chi connectivity index (χ0n) is 17.5. The molecule has 0 aliphatic carbocycles. The van der Waals surface area contributed by atoms with Crippen molar-refractivity contribution in [2.75, 3.05) is 17.9 Å². The number of hydrogen-bond acceptors (Lipinski definition) is 6. The number of hydrogen-bond donors (Lipinski definition) is 2. The van der Waals surface area contributed by atoms with E-state index in [9.17, 15) is 4.79 Å². The van der Waals surface area contributed by atoms with Crippen LogP contribution < -0.4 is 15.5 Å². The van der Waals surface area contributed by atoms with Gasteiger partial charge in [-0.1, -0.05) is 36.9 Å². The van der Waals surface area contributed by atoms with Crippen molar-refractivity contribution >= 4 is 23.4 Å². The second-order valence-electron chi connectivity index (χ2n) is 7.29. The van der Waals surface area contributed by atoms with Gasteiger partial charge in [-0.05, 0) is 54.8 Å². The molecular weight excluding hydrogens is 398 g/mol. The number of ether oxygens (including phenoxy) is 1. The number of carbonyl (C=O) groups is 1. The lowest BCUT2D eigenvalue weighted by Gasteiger charge is -2.33. The number of benzene rings is 2. The molecule has 2 aromatic carbocycles. The van der Waals surface area contributed by atoms with E-state index in [0.717, 1.165) is 34.8 Å². The van der Waals surface area contributed by atoms with Crippen molar-refractivity contribution in [2.45, 2.75) is 43.6 Å². The van der Waals surface area contributed by atoms with Crippen LogP contribution in [0.1, 0.15) is 35.5 Å². The van der Waals surface area contributed by atoms with Gasteiger partial charge in [0.25, 0.3) is 0 Å². The zero-order chi connectivity index (χ0) is 21.3. The van der Waals surface area contributed by atoms with E-state index < -0.39 is 5.25 Å². The minimum atomic E-state index is -0.415. The van der Waals surface area contributed by atoms with E-state index in [1.54, 1.807) is 7.11 Å². The Hall–Kier alpha value is -3.00. The fourth-order valence-electron chi connectivity index (χ4n) is 3.42. The quantitative estimate of drug-likeness (QED) is 0.649. The van der Waals surface area contributed by atoms with Crippen LogP contribution in [-0.2, 0) is 11.2 Å². The molecule has 0 saturated carbocycles. The summed E-state index contributed by atoms with van der Waals surface area (Å²) in [5.41, 5.74) is 7.57. The van der Waals surface area contributed by atoms with Crippen molar-refractivity contribution < 1.29 is 9.53 Å². The van der Waals surface area contributed by atoms with Crippen LogP contribution in [0, 0.1) is 13.8 Å². The Balaban J connectivity index is 1.66. The van der Waals surface area contributed by atoms with Crippen molar-refractivity contribution in [2.24, 2.45) is 0 Å². The molecule has 2 heterocycles. The number of rotatable bonds is 5. The summed E-state index contributed by atoms with van der Waals surface area (Å²) in [4.78, 5) is 13.3. The monoisotopic (exact) mass is 423 g/mol. The van der Waals surface area contributed by atoms with Gasteiger partial charge >= 0.3 is 0 Å². The lowest BCUT2D eigenvalue weighted by atomic mass is 10.0. The molecular formula is C22H25N5O2S. The molecule has 2 unspecified atom stereocenters. The third kappa shape index (κ3) is 3.87. The normalized spacial score (nSPS) is 17.7. The largest absolute Gasteiger partial charge is 0.497 e. The van der Waals surface area contributed by atoms with E-state index in [2.05, 4.69) is 27.9 Å². The summed E-state index contributed by atoms with van der Waals surface area (Å²) in [5, 5.41) is 11.9. The van der Waals surface area contributed by atoms with Crippen LogP contribution in [0.2, 0.25) is 0 Å². The Bertz CT molecular complexity index is 1060. The molecule has 3 aromatic rings. The van der Waals surface area contributed by atoms with Crippen molar-refractivity contribution in [3.8, 4) is 5.75 Å². The van der Waals surface area contributed by atoms with Crippen LogP contribution in [0.15, 0.2) is 47.6 Å². The van der Waals surface area contributed by atoms with Crippen LogP contribution in [0.3, 0.4) is 0 Å². The first kappa shape index (κ1) is 20.3. The van der Waals surface area contributed by atoms with Crippen LogP contribution in [-0.4, -0.2) is 33.1 Å². The van der Waals surface area contributed by atoms with Crippen LogP contribution in [0.5, 0.6) is 5.75 Å². The van der Waals surface area contributed by atoms with Gasteiger partial charge in [0.15, 0.2) is 5.82 Å². The molecule has 1 amide bonds. The lowest BCUT2D eigenvalue weighted by Crippen LogP contribution is -2.41. The zero-order valence-corrected chi connectivity index (χ0v) is 18.3. The molecule has 4 rings (SSSR count). The maximum absolute atomic E-state index is 13.3. The summed E-state index contributed by atoms with van der Waals surface area (Å²) in [5.74, 6) is 1.53. The minimum absolute atomic E-state index is 0.0798. The summed E-state index contributed by atoms with van der Waals surface area (Å²) in [6.45, 7) is 6.13. The Labute approximate surface area is 180 Å². The van der Waals surface area contributed by atoms with E-state index >= 15 is 0 Å². The summed E-state index contributed by atoms with van der Waals surface area (Å²) in [6, 6.07) is 13.5. The number of methoxy groups -OCH3 is 1. The second-order valence-corrected chi connectivity index (χ2v) is 8.40. The SMILES string of the molecule is CCc1nnc2n1NC(c1ccc(OC)cc1)C(C(=O)Nc1ccc(C)c(C)c1)S2. The highest BCUT2D eigenvalue weighted by Crippen LogP contribution is 2.38. The third-order valence-corrected chi connectivity index (χ3v) is 6.54. The van der Waals surface area contributed by atoms with E-state index in [1.807, 2.05) is 61.0 Å². The smallest absolute Gasteiger partial charge is 0.240 e. The van der Waals surface area contributed by atoms with Gasteiger partial charge in [-0.3, -0.25) is 4.79 Å². The molecule has 30 heavy (non-hydrogen) atoms. The van der Waals surface area contributed by atoms with Crippen molar-refractivity contribution in [3.05, 3.63) is 65.0 Å². The predicted molar refractivity (Wildman–Crippen MR) is 119 cm³/mol. The maximum Gasteiger partial charge on any atom is 0.240 e. The first-order chi connectivity index (χ1) is 14.5. The highest BCUT2D eigenvalue weighted by molar-refractivity contribution is 8.00.